The number of ether oxygens (including phenoxy) is 1. The van der Waals surface area contributed by atoms with E-state index in [1.807, 2.05) is 6.07 Å². The number of aromatic nitrogens is 1. The number of nitrogens with one attached hydrogen (secondary N) is 2. The number of H-pyrrole nitrogens is 1. The van der Waals surface area contributed by atoms with E-state index in [-0.39, 0.29) is 34.6 Å². The first kappa shape index (κ1) is 20.8. The number of benzene rings is 2. The van der Waals surface area contributed by atoms with E-state index in [1.54, 1.807) is 6.07 Å². The maximum atomic E-state index is 14.0. The Balaban J connectivity index is 1.73. The molecule has 1 aliphatic rings. The average Bonchev–Trinajstić information content (AvgIpc) is 2.75. The van der Waals surface area contributed by atoms with Crippen molar-refractivity contribution in [1.29, 1.82) is 5.26 Å². The first-order chi connectivity index (χ1) is 14.8. The van der Waals surface area contributed by atoms with Crippen molar-refractivity contribution >= 4 is 34.1 Å². The summed E-state index contributed by atoms with van der Waals surface area (Å²) in [4.78, 5) is 29.2. The fourth-order valence-corrected chi connectivity index (χ4v) is 3.75. The molecule has 2 heterocycles. The number of carbonyl (C=O) groups excluding carboxylic acids is 1. The van der Waals surface area contributed by atoms with Crippen LogP contribution >= 0.6 is 11.6 Å². The van der Waals surface area contributed by atoms with Crippen LogP contribution in [0.15, 0.2) is 35.1 Å². The summed E-state index contributed by atoms with van der Waals surface area (Å²) in [6.07, 6.45) is 0. The maximum absolute atomic E-state index is 14.0. The number of rotatable bonds is 2. The zero-order valence-corrected chi connectivity index (χ0v) is 16.9. The highest BCUT2D eigenvalue weighted by molar-refractivity contribution is 6.31. The first-order valence-corrected chi connectivity index (χ1v) is 9.53. The largest absolute Gasteiger partial charge is 0.373 e. The standard InChI is InChI=1S/C21H15ClF2N4O3/c1-28(21(30)26-11-2-3-14(22)10(4-11)7-25)18-9-31-8-17-19(18)12-5-15(23)16(24)6-13(12)20(29)27-17/h2-6,18H,8-9H2,1H3,(H,26,30)(H,27,29). The molecule has 3 aromatic rings. The third-order valence-electron chi connectivity index (χ3n) is 5.17. The normalized spacial score (nSPS) is 15.3. The van der Waals surface area contributed by atoms with E-state index in [1.165, 1.54) is 24.1 Å². The second-order valence-electron chi connectivity index (χ2n) is 7.04. The zero-order valence-electron chi connectivity index (χ0n) is 16.1. The van der Waals surface area contributed by atoms with Gasteiger partial charge in [0.05, 0.1) is 35.2 Å². The summed E-state index contributed by atoms with van der Waals surface area (Å²) in [5.41, 5.74) is 0.849. The Bertz CT molecular complexity index is 1320. The number of nitriles is 1. The predicted molar refractivity (Wildman–Crippen MR) is 110 cm³/mol. The predicted octanol–water partition coefficient (Wildman–Crippen LogP) is 4.07. The molecule has 10 heteroatoms. The Morgan fingerprint density at radius 2 is 2.00 bits per heavy atom. The molecule has 1 aromatic heterocycles. The molecular formula is C21H15ClF2N4O3. The van der Waals surface area contributed by atoms with Crippen LogP contribution in [0.4, 0.5) is 19.3 Å². The Hall–Kier alpha value is -3.48. The quantitative estimate of drug-likeness (QED) is 0.622. The molecule has 0 fully saturated rings. The molecule has 7 nitrogen and oxygen atoms in total. The number of urea groups is 1. The summed E-state index contributed by atoms with van der Waals surface area (Å²) < 4.78 is 33.2. The minimum atomic E-state index is -1.14. The van der Waals surface area contributed by atoms with Gasteiger partial charge in [0.2, 0.25) is 0 Å². The van der Waals surface area contributed by atoms with Crippen LogP contribution < -0.4 is 10.9 Å². The lowest BCUT2D eigenvalue weighted by molar-refractivity contribution is 0.0527. The molecule has 0 radical (unpaired) electrons. The maximum Gasteiger partial charge on any atom is 0.322 e. The summed E-state index contributed by atoms with van der Waals surface area (Å²) in [7, 11) is 1.51. The van der Waals surface area contributed by atoms with Gasteiger partial charge in [-0.05, 0) is 35.7 Å². The van der Waals surface area contributed by atoms with Gasteiger partial charge in [0, 0.05) is 24.0 Å². The zero-order chi connectivity index (χ0) is 22.3. The Morgan fingerprint density at radius 3 is 2.71 bits per heavy atom. The molecular weight excluding hydrogens is 430 g/mol. The van der Waals surface area contributed by atoms with Crippen LogP contribution in [0.25, 0.3) is 10.8 Å². The number of carbonyl (C=O) groups is 1. The summed E-state index contributed by atoms with van der Waals surface area (Å²) in [5, 5.41) is 12.2. The smallest absolute Gasteiger partial charge is 0.322 e. The van der Waals surface area contributed by atoms with Crippen molar-refractivity contribution < 1.29 is 18.3 Å². The van der Waals surface area contributed by atoms with Crippen molar-refractivity contribution in [3.05, 3.63) is 74.2 Å². The number of fused-ring (bicyclic) bond motifs is 3. The molecule has 2 aromatic carbocycles. The van der Waals surface area contributed by atoms with Crippen molar-refractivity contribution in [2.45, 2.75) is 12.6 Å². The van der Waals surface area contributed by atoms with Crippen LogP contribution in [0.1, 0.15) is 22.9 Å². The SMILES string of the molecule is CN(C(=O)Nc1ccc(Cl)c(C#N)c1)C1COCc2[nH]c(=O)c3cc(F)c(F)cc3c21. The van der Waals surface area contributed by atoms with Crippen LogP contribution in [0.3, 0.4) is 0 Å². The van der Waals surface area contributed by atoms with E-state index in [2.05, 4.69) is 10.3 Å². The third kappa shape index (κ3) is 3.71. The van der Waals surface area contributed by atoms with E-state index < -0.39 is 29.3 Å². The topological polar surface area (TPSA) is 98.2 Å². The number of pyridine rings is 1. The minimum absolute atomic E-state index is 0.0188. The van der Waals surface area contributed by atoms with Gasteiger partial charge in [0.15, 0.2) is 11.6 Å². The molecule has 1 unspecified atom stereocenters. The highest BCUT2D eigenvalue weighted by Crippen LogP contribution is 2.34. The second-order valence-corrected chi connectivity index (χ2v) is 7.44. The summed E-state index contributed by atoms with van der Waals surface area (Å²) in [6.45, 7) is 0.148. The number of amides is 2. The Morgan fingerprint density at radius 1 is 1.29 bits per heavy atom. The van der Waals surface area contributed by atoms with E-state index in [4.69, 9.17) is 21.6 Å². The molecule has 0 saturated carbocycles. The van der Waals surface area contributed by atoms with E-state index in [0.29, 0.717) is 16.9 Å². The van der Waals surface area contributed by atoms with Gasteiger partial charge >= 0.3 is 6.03 Å². The minimum Gasteiger partial charge on any atom is -0.373 e. The number of aromatic amines is 1. The van der Waals surface area contributed by atoms with Gasteiger partial charge in [-0.3, -0.25) is 4.79 Å². The first-order valence-electron chi connectivity index (χ1n) is 9.15. The molecule has 0 spiro atoms. The number of hydrogen-bond donors (Lipinski definition) is 2. The lowest BCUT2D eigenvalue weighted by atomic mass is 9.95. The van der Waals surface area contributed by atoms with Crippen molar-refractivity contribution in [3.8, 4) is 6.07 Å². The lowest BCUT2D eigenvalue weighted by Crippen LogP contribution is -2.39. The van der Waals surface area contributed by atoms with Gasteiger partial charge in [-0.25, -0.2) is 13.6 Å². The van der Waals surface area contributed by atoms with Gasteiger partial charge in [-0.1, -0.05) is 11.6 Å². The highest BCUT2D eigenvalue weighted by Gasteiger charge is 2.31. The summed E-state index contributed by atoms with van der Waals surface area (Å²) in [6, 6.07) is 6.99. The number of hydrogen-bond acceptors (Lipinski definition) is 4. The Kier molecular flexibility index (Phi) is 5.35. The highest BCUT2D eigenvalue weighted by atomic mass is 35.5. The fraction of sp³-hybridized carbons (Fsp3) is 0.190. The van der Waals surface area contributed by atoms with Gasteiger partial charge < -0.3 is 19.9 Å². The molecule has 158 valence electrons. The lowest BCUT2D eigenvalue weighted by Gasteiger charge is -2.33. The third-order valence-corrected chi connectivity index (χ3v) is 5.50. The van der Waals surface area contributed by atoms with E-state index in [9.17, 15) is 18.4 Å². The number of likely N-dealkylation sites (N-methyl/N-ethyl adjacent to an activating group) is 1. The number of nitrogens with zero attached hydrogens (tertiary/aromatic N) is 2. The van der Waals surface area contributed by atoms with Crippen molar-refractivity contribution in [2.24, 2.45) is 0 Å². The fourth-order valence-electron chi connectivity index (χ4n) is 3.59. The Labute approximate surface area is 179 Å². The second kappa shape index (κ2) is 7.98. The van der Waals surface area contributed by atoms with Crippen LogP contribution in [0.2, 0.25) is 5.02 Å². The number of anilines is 1. The number of halogens is 3. The van der Waals surface area contributed by atoms with Crippen molar-refractivity contribution in [3.63, 3.8) is 0 Å². The van der Waals surface area contributed by atoms with Crippen LogP contribution in [-0.4, -0.2) is 29.6 Å². The molecule has 1 atom stereocenters. The van der Waals surface area contributed by atoms with Gasteiger partial charge in [-0.2, -0.15) is 5.26 Å². The average molecular weight is 445 g/mol. The van der Waals surface area contributed by atoms with Crippen molar-refractivity contribution in [1.82, 2.24) is 9.88 Å². The molecule has 0 saturated heterocycles. The summed E-state index contributed by atoms with van der Waals surface area (Å²) in [5.74, 6) is -2.23. The van der Waals surface area contributed by atoms with E-state index in [0.717, 1.165) is 12.1 Å². The van der Waals surface area contributed by atoms with Crippen molar-refractivity contribution in [2.75, 3.05) is 19.0 Å². The monoisotopic (exact) mass is 444 g/mol. The van der Waals surface area contributed by atoms with Crippen LogP contribution in [-0.2, 0) is 11.3 Å². The van der Waals surface area contributed by atoms with Gasteiger partial charge in [0.25, 0.3) is 5.56 Å². The molecule has 0 bridgehead atoms. The summed E-state index contributed by atoms with van der Waals surface area (Å²) >= 11 is 5.92. The molecule has 2 amide bonds. The molecule has 0 aliphatic carbocycles. The molecule has 4 rings (SSSR count). The molecule has 1 aliphatic heterocycles. The molecule has 31 heavy (non-hydrogen) atoms. The van der Waals surface area contributed by atoms with Gasteiger partial charge in [0.1, 0.15) is 6.07 Å². The van der Waals surface area contributed by atoms with Crippen LogP contribution in [0.5, 0.6) is 0 Å². The van der Waals surface area contributed by atoms with Gasteiger partial charge in [-0.15, -0.1) is 0 Å². The van der Waals surface area contributed by atoms with Crippen LogP contribution in [0, 0.1) is 23.0 Å². The van der Waals surface area contributed by atoms with E-state index >= 15 is 0 Å². The molecule has 2 N–H and O–H groups in total.